The molecule has 1 heterocycles. The molecule has 6 nitrogen and oxygen atoms in total. The van der Waals surface area contributed by atoms with Gasteiger partial charge in [0.25, 0.3) is 5.91 Å². The van der Waals surface area contributed by atoms with Crippen molar-refractivity contribution in [2.24, 2.45) is 5.92 Å². The molecule has 1 aromatic rings. The van der Waals surface area contributed by atoms with Crippen LogP contribution in [-0.4, -0.2) is 56.0 Å². The highest BCUT2D eigenvalue weighted by Gasteiger charge is 2.11. The minimum atomic E-state index is -0.0816. The molecule has 0 aliphatic carbocycles. The molecule has 2 amide bonds. The van der Waals surface area contributed by atoms with E-state index < -0.39 is 0 Å². The Hall–Kier alpha value is -1.92. The van der Waals surface area contributed by atoms with Gasteiger partial charge in [0.15, 0.2) is 0 Å². The monoisotopic (exact) mass is 318 g/mol. The Morgan fingerprint density at radius 1 is 1.17 bits per heavy atom. The second-order valence-corrected chi connectivity index (χ2v) is 6.07. The van der Waals surface area contributed by atoms with Crippen molar-refractivity contribution in [3.05, 3.63) is 29.8 Å². The first-order valence-electron chi connectivity index (χ1n) is 8.18. The van der Waals surface area contributed by atoms with Crippen LogP contribution in [0.4, 0.5) is 5.69 Å². The molecule has 1 fully saturated rings. The number of hydrogen-bond acceptors (Lipinski definition) is 4. The lowest BCUT2D eigenvalue weighted by atomic mass is 10.1. The summed E-state index contributed by atoms with van der Waals surface area (Å²) < 4.78 is 0. The summed E-state index contributed by atoms with van der Waals surface area (Å²) in [6, 6.07) is 6.98. The fraction of sp³-hybridized carbons (Fsp3) is 0.529. The first kappa shape index (κ1) is 17.4. The Morgan fingerprint density at radius 2 is 1.83 bits per heavy atom. The van der Waals surface area contributed by atoms with Crippen LogP contribution in [0.1, 0.15) is 24.2 Å². The van der Waals surface area contributed by atoms with Crippen LogP contribution in [-0.2, 0) is 4.79 Å². The van der Waals surface area contributed by atoms with Gasteiger partial charge in [-0.25, -0.2) is 0 Å². The quantitative estimate of drug-likeness (QED) is 0.729. The molecule has 1 aliphatic heterocycles. The van der Waals surface area contributed by atoms with Gasteiger partial charge in [-0.1, -0.05) is 13.8 Å². The molecule has 1 saturated heterocycles. The smallest absolute Gasteiger partial charge is 0.251 e. The largest absolute Gasteiger partial charge is 0.351 e. The lowest BCUT2D eigenvalue weighted by molar-refractivity contribution is -0.118. The van der Waals surface area contributed by atoms with Crippen LogP contribution in [0.15, 0.2) is 24.3 Å². The van der Waals surface area contributed by atoms with Crippen molar-refractivity contribution in [3.63, 3.8) is 0 Å². The Bertz CT molecular complexity index is 522. The van der Waals surface area contributed by atoms with E-state index in [1.165, 1.54) is 0 Å². The van der Waals surface area contributed by atoms with Crippen molar-refractivity contribution in [1.29, 1.82) is 0 Å². The van der Waals surface area contributed by atoms with Crippen molar-refractivity contribution in [1.82, 2.24) is 15.5 Å². The summed E-state index contributed by atoms with van der Waals surface area (Å²) in [6.45, 7) is 9.28. The molecule has 2 rings (SSSR count). The highest BCUT2D eigenvalue weighted by molar-refractivity contribution is 5.96. The topological polar surface area (TPSA) is 73.5 Å². The van der Waals surface area contributed by atoms with Gasteiger partial charge < -0.3 is 16.0 Å². The Morgan fingerprint density at radius 3 is 2.43 bits per heavy atom. The van der Waals surface area contributed by atoms with E-state index in [9.17, 15) is 9.59 Å². The Kier molecular flexibility index (Phi) is 6.55. The lowest BCUT2D eigenvalue weighted by Gasteiger charge is -2.27. The van der Waals surface area contributed by atoms with E-state index in [0.717, 1.165) is 32.7 Å². The van der Waals surface area contributed by atoms with Gasteiger partial charge in [-0.15, -0.1) is 0 Å². The number of carbonyl (C=O) groups is 2. The maximum atomic E-state index is 12.1. The number of benzene rings is 1. The Labute approximate surface area is 137 Å². The lowest BCUT2D eigenvalue weighted by Crippen LogP contribution is -2.46. The maximum absolute atomic E-state index is 12.1. The molecule has 0 spiro atoms. The Balaban J connectivity index is 1.77. The van der Waals surface area contributed by atoms with Crippen LogP contribution in [0.2, 0.25) is 0 Å². The number of hydrogen-bond donors (Lipinski definition) is 3. The zero-order chi connectivity index (χ0) is 16.7. The maximum Gasteiger partial charge on any atom is 0.251 e. The molecule has 1 aromatic carbocycles. The van der Waals surface area contributed by atoms with Crippen molar-refractivity contribution in [2.45, 2.75) is 13.8 Å². The summed E-state index contributed by atoms with van der Waals surface area (Å²) in [5.41, 5.74) is 1.31. The van der Waals surface area contributed by atoms with Gasteiger partial charge in [0.1, 0.15) is 0 Å². The summed E-state index contributed by atoms with van der Waals surface area (Å²) in [4.78, 5) is 26.1. The molecular weight excluding hydrogens is 292 g/mol. The molecular formula is C17H26N4O2. The van der Waals surface area contributed by atoms with Gasteiger partial charge in [0.05, 0.1) is 0 Å². The number of piperazine rings is 1. The van der Waals surface area contributed by atoms with Crippen LogP contribution >= 0.6 is 0 Å². The third kappa shape index (κ3) is 5.65. The first-order valence-corrected chi connectivity index (χ1v) is 8.18. The van der Waals surface area contributed by atoms with Gasteiger partial charge in [-0.05, 0) is 24.3 Å². The minimum absolute atomic E-state index is 0.0294. The van der Waals surface area contributed by atoms with E-state index in [4.69, 9.17) is 0 Å². The van der Waals surface area contributed by atoms with E-state index in [1.807, 2.05) is 13.8 Å². The van der Waals surface area contributed by atoms with Gasteiger partial charge in [-0.3, -0.25) is 14.5 Å². The van der Waals surface area contributed by atoms with Crippen LogP contribution in [0.25, 0.3) is 0 Å². The SMILES string of the molecule is CC(C)C(=O)Nc1ccc(C(=O)NCCN2CCNCC2)cc1. The average Bonchev–Trinajstić information content (AvgIpc) is 2.56. The third-order valence-corrected chi connectivity index (χ3v) is 3.86. The van der Waals surface area contributed by atoms with E-state index in [0.29, 0.717) is 17.8 Å². The second-order valence-electron chi connectivity index (χ2n) is 6.07. The van der Waals surface area contributed by atoms with E-state index in [-0.39, 0.29) is 17.7 Å². The summed E-state index contributed by atoms with van der Waals surface area (Å²) in [6.07, 6.45) is 0. The predicted octanol–water partition coefficient (Wildman–Crippen LogP) is 0.916. The summed E-state index contributed by atoms with van der Waals surface area (Å²) in [5, 5.41) is 9.05. The second kappa shape index (κ2) is 8.64. The normalized spacial score (nSPS) is 15.4. The fourth-order valence-electron chi connectivity index (χ4n) is 2.36. The van der Waals surface area contributed by atoms with Crippen molar-refractivity contribution in [2.75, 3.05) is 44.6 Å². The molecule has 1 aliphatic rings. The third-order valence-electron chi connectivity index (χ3n) is 3.86. The van der Waals surface area contributed by atoms with E-state index in [1.54, 1.807) is 24.3 Å². The first-order chi connectivity index (χ1) is 11.1. The zero-order valence-electron chi connectivity index (χ0n) is 13.9. The number of nitrogens with zero attached hydrogens (tertiary/aromatic N) is 1. The van der Waals surface area contributed by atoms with Gasteiger partial charge in [0, 0.05) is 56.4 Å². The summed E-state index contributed by atoms with van der Waals surface area (Å²) in [5.74, 6) is -0.178. The van der Waals surface area contributed by atoms with E-state index in [2.05, 4.69) is 20.9 Å². The fourth-order valence-corrected chi connectivity index (χ4v) is 2.36. The van der Waals surface area contributed by atoms with Crippen molar-refractivity contribution in [3.8, 4) is 0 Å². The van der Waals surface area contributed by atoms with Crippen LogP contribution in [0, 0.1) is 5.92 Å². The molecule has 0 aromatic heterocycles. The number of amides is 2. The molecule has 3 N–H and O–H groups in total. The van der Waals surface area contributed by atoms with E-state index >= 15 is 0 Å². The number of anilines is 1. The number of rotatable bonds is 6. The van der Waals surface area contributed by atoms with Crippen molar-refractivity contribution >= 4 is 17.5 Å². The standard InChI is InChI=1S/C17H26N4O2/c1-13(2)16(22)20-15-5-3-14(4-6-15)17(23)19-9-12-21-10-7-18-8-11-21/h3-6,13,18H,7-12H2,1-2H3,(H,19,23)(H,20,22). The predicted molar refractivity (Wildman–Crippen MR) is 91.6 cm³/mol. The molecule has 0 atom stereocenters. The minimum Gasteiger partial charge on any atom is -0.351 e. The van der Waals surface area contributed by atoms with Gasteiger partial charge in [-0.2, -0.15) is 0 Å². The van der Waals surface area contributed by atoms with Crippen LogP contribution < -0.4 is 16.0 Å². The zero-order valence-corrected chi connectivity index (χ0v) is 13.9. The molecule has 126 valence electrons. The number of nitrogens with one attached hydrogen (secondary N) is 3. The molecule has 0 unspecified atom stereocenters. The highest BCUT2D eigenvalue weighted by atomic mass is 16.2. The molecule has 23 heavy (non-hydrogen) atoms. The van der Waals surface area contributed by atoms with Gasteiger partial charge >= 0.3 is 0 Å². The molecule has 0 bridgehead atoms. The molecule has 0 saturated carbocycles. The van der Waals surface area contributed by atoms with Crippen molar-refractivity contribution < 1.29 is 9.59 Å². The average molecular weight is 318 g/mol. The van der Waals surface area contributed by atoms with Crippen LogP contribution in [0.3, 0.4) is 0 Å². The molecule has 6 heteroatoms. The highest BCUT2D eigenvalue weighted by Crippen LogP contribution is 2.11. The van der Waals surface area contributed by atoms with Gasteiger partial charge in [0.2, 0.25) is 5.91 Å². The van der Waals surface area contributed by atoms with Crippen LogP contribution in [0.5, 0.6) is 0 Å². The summed E-state index contributed by atoms with van der Waals surface area (Å²) in [7, 11) is 0. The summed E-state index contributed by atoms with van der Waals surface area (Å²) >= 11 is 0. The number of carbonyl (C=O) groups excluding carboxylic acids is 2. The molecule has 0 radical (unpaired) electrons.